The van der Waals surface area contributed by atoms with Crippen molar-refractivity contribution in [2.75, 3.05) is 20.2 Å². The zero-order valence-electron chi connectivity index (χ0n) is 17.0. The third kappa shape index (κ3) is 10.9. The Bertz CT molecular complexity index is 664. The lowest BCUT2D eigenvalue weighted by molar-refractivity contribution is -0.153. The molecule has 170 valence electrons. The summed E-state index contributed by atoms with van der Waals surface area (Å²) < 4.78 is 46.5. The standard InChI is InChI=1S/C20H28F3N3O3.HI/c1-24-19(25-12-4-7-18(27)29-17-5-2-3-6-17)26-13-15-8-10-16(11-9-15)28-14-20(21,22)23;/h8-11,17H,2-7,12-14H2,1H3,(H2,24,25,26);1H. The monoisotopic (exact) mass is 543 g/mol. The molecule has 6 nitrogen and oxygen atoms in total. The van der Waals surface area contributed by atoms with Crippen molar-refractivity contribution in [1.82, 2.24) is 10.6 Å². The van der Waals surface area contributed by atoms with E-state index in [0.717, 1.165) is 31.2 Å². The van der Waals surface area contributed by atoms with Crippen molar-refractivity contribution in [3.63, 3.8) is 0 Å². The van der Waals surface area contributed by atoms with Crippen molar-refractivity contribution in [3.05, 3.63) is 29.8 Å². The van der Waals surface area contributed by atoms with Crippen LogP contribution in [-0.2, 0) is 16.1 Å². The van der Waals surface area contributed by atoms with Crippen LogP contribution in [0.15, 0.2) is 29.3 Å². The maximum atomic E-state index is 12.2. The number of aliphatic imine (C=N–C) groups is 1. The van der Waals surface area contributed by atoms with Gasteiger partial charge in [-0.05, 0) is 49.8 Å². The molecule has 1 saturated carbocycles. The van der Waals surface area contributed by atoms with Gasteiger partial charge in [0.15, 0.2) is 12.6 Å². The number of nitrogens with zero attached hydrogens (tertiary/aromatic N) is 1. The maximum Gasteiger partial charge on any atom is 0.422 e. The van der Waals surface area contributed by atoms with Gasteiger partial charge >= 0.3 is 12.1 Å². The molecule has 0 radical (unpaired) electrons. The highest BCUT2D eigenvalue weighted by Gasteiger charge is 2.28. The second kappa shape index (κ2) is 13.6. The number of carbonyl (C=O) groups is 1. The number of guanidine groups is 1. The largest absolute Gasteiger partial charge is 0.484 e. The lowest BCUT2D eigenvalue weighted by Crippen LogP contribution is -2.37. The number of esters is 1. The van der Waals surface area contributed by atoms with Gasteiger partial charge in [0.1, 0.15) is 11.9 Å². The Morgan fingerprint density at radius 2 is 1.83 bits per heavy atom. The van der Waals surface area contributed by atoms with E-state index >= 15 is 0 Å². The molecule has 0 aromatic heterocycles. The van der Waals surface area contributed by atoms with E-state index in [4.69, 9.17) is 4.74 Å². The average Bonchev–Trinajstić information content (AvgIpc) is 3.19. The molecule has 0 heterocycles. The molecule has 0 saturated heterocycles. The molecule has 0 unspecified atom stereocenters. The van der Waals surface area contributed by atoms with Gasteiger partial charge in [0, 0.05) is 26.6 Å². The van der Waals surface area contributed by atoms with Crippen molar-refractivity contribution in [3.8, 4) is 5.75 Å². The van der Waals surface area contributed by atoms with Crippen LogP contribution >= 0.6 is 24.0 Å². The molecule has 1 aliphatic carbocycles. The SMILES string of the molecule is CN=C(NCCCC(=O)OC1CCCC1)NCc1ccc(OCC(F)(F)F)cc1.I. The topological polar surface area (TPSA) is 72.0 Å². The second-order valence-corrected chi connectivity index (χ2v) is 6.90. The van der Waals surface area contributed by atoms with Gasteiger partial charge in [-0.25, -0.2) is 0 Å². The highest BCUT2D eigenvalue weighted by atomic mass is 127. The van der Waals surface area contributed by atoms with Crippen LogP contribution in [0.1, 0.15) is 44.1 Å². The number of rotatable bonds is 9. The van der Waals surface area contributed by atoms with Gasteiger partial charge in [0.05, 0.1) is 0 Å². The number of halogens is 4. The van der Waals surface area contributed by atoms with E-state index in [1.54, 1.807) is 19.2 Å². The lowest BCUT2D eigenvalue weighted by atomic mass is 10.2. The van der Waals surface area contributed by atoms with Crippen LogP contribution in [0.2, 0.25) is 0 Å². The minimum atomic E-state index is -4.36. The van der Waals surface area contributed by atoms with E-state index in [1.807, 2.05) is 0 Å². The maximum absolute atomic E-state index is 12.2. The van der Waals surface area contributed by atoms with Crippen molar-refractivity contribution >= 4 is 35.9 Å². The number of hydrogen-bond donors (Lipinski definition) is 2. The molecule has 1 fully saturated rings. The average molecular weight is 543 g/mol. The summed E-state index contributed by atoms with van der Waals surface area (Å²) in [5.74, 6) is 0.583. The fraction of sp³-hybridized carbons (Fsp3) is 0.600. The number of hydrogen-bond acceptors (Lipinski definition) is 4. The van der Waals surface area contributed by atoms with Gasteiger partial charge in [0.2, 0.25) is 0 Å². The summed E-state index contributed by atoms with van der Waals surface area (Å²) >= 11 is 0. The van der Waals surface area contributed by atoms with E-state index < -0.39 is 12.8 Å². The summed E-state index contributed by atoms with van der Waals surface area (Å²) in [4.78, 5) is 15.9. The number of alkyl halides is 3. The Morgan fingerprint density at radius 3 is 2.43 bits per heavy atom. The Hall–Kier alpha value is -1.72. The molecule has 30 heavy (non-hydrogen) atoms. The van der Waals surface area contributed by atoms with Gasteiger partial charge in [-0.3, -0.25) is 9.79 Å². The van der Waals surface area contributed by atoms with Crippen molar-refractivity contribution in [2.45, 2.75) is 57.3 Å². The lowest BCUT2D eigenvalue weighted by Gasteiger charge is -2.13. The first-order valence-corrected chi connectivity index (χ1v) is 9.78. The smallest absolute Gasteiger partial charge is 0.422 e. The zero-order valence-corrected chi connectivity index (χ0v) is 19.3. The fourth-order valence-electron chi connectivity index (χ4n) is 2.97. The van der Waals surface area contributed by atoms with Crippen LogP contribution in [0, 0.1) is 0 Å². The summed E-state index contributed by atoms with van der Waals surface area (Å²) in [5, 5.41) is 6.23. The van der Waals surface area contributed by atoms with Crippen LogP contribution < -0.4 is 15.4 Å². The number of nitrogens with one attached hydrogen (secondary N) is 2. The van der Waals surface area contributed by atoms with Crippen molar-refractivity contribution < 1.29 is 27.4 Å². The van der Waals surface area contributed by atoms with Crippen LogP contribution in [0.4, 0.5) is 13.2 Å². The number of ether oxygens (including phenoxy) is 2. The van der Waals surface area contributed by atoms with Gasteiger partial charge in [-0.1, -0.05) is 12.1 Å². The minimum Gasteiger partial charge on any atom is -0.484 e. The molecule has 10 heteroatoms. The molecule has 1 aliphatic rings. The summed E-state index contributed by atoms with van der Waals surface area (Å²) in [5.41, 5.74) is 0.868. The fourth-order valence-corrected chi connectivity index (χ4v) is 2.97. The van der Waals surface area contributed by atoms with Crippen LogP contribution in [-0.4, -0.2) is 44.4 Å². The number of benzene rings is 1. The summed E-state index contributed by atoms with van der Waals surface area (Å²) in [6.07, 6.45) is 0.931. The number of carbonyl (C=O) groups excluding carboxylic acids is 1. The van der Waals surface area contributed by atoms with Crippen molar-refractivity contribution in [2.24, 2.45) is 4.99 Å². The Balaban J connectivity index is 0.00000450. The van der Waals surface area contributed by atoms with Crippen molar-refractivity contribution in [1.29, 1.82) is 0 Å². The Kier molecular flexibility index (Phi) is 11.9. The molecule has 2 N–H and O–H groups in total. The van der Waals surface area contributed by atoms with Gasteiger partial charge in [-0.2, -0.15) is 13.2 Å². The quantitative estimate of drug-likeness (QED) is 0.161. The summed E-state index contributed by atoms with van der Waals surface area (Å²) in [6.45, 7) is -0.290. The Labute approximate surface area is 192 Å². The molecule has 0 aliphatic heterocycles. The van der Waals surface area contributed by atoms with Gasteiger partial charge in [-0.15, -0.1) is 24.0 Å². The van der Waals surface area contributed by atoms with Crippen LogP contribution in [0.25, 0.3) is 0 Å². The molecular formula is C20H29F3IN3O3. The van der Waals surface area contributed by atoms with E-state index in [-0.39, 0.29) is 41.8 Å². The highest BCUT2D eigenvalue weighted by molar-refractivity contribution is 14.0. The summed E-state index contributed by atoms with van der Waals surface area (Å²) in [7, 11) is 1.64. The molecule has 0 amide bonds. The van der Waals surface area contributed by atoms with Crippen LogP contribution in [0.5, 0.6) is 5.75 Å². The van der Waals surface area contributed by atoms with E-state index in [9.17, 15) is 18.0 Å². The first kappa shape index (κ1) is 26.3. The van der Waals surface area contributed by atoms with E-state index in [0.29, 0.717) is 31.9 Å². The molecule has 0 spiro atoms. The molecule has 1 aromatic carbocycles. The molecule has 2 rings (SSSR count). The zero-order chi connectivity index (χ0) is 21.1. The van der Waals surface area contributed by atoms with E-state index in [2.05, 4.69) is 20.4 Å². The minimum absolute atomic E-state index is 0. The molecule has 1 aromatic rings. The third-order valence-corrected chi connectivity index (χ3v) is 4.46. The van der Waals surface area contributed by atoms with Crippen LogP contribution in [0.3, 0.4) is 0 Å². The third-order valence-electron chi connectivity index (χ3n) is 4.46. The Morgan fingerprint density at radius 1 is 1.17 bits per heavy atom. The highest BCUT2D eigenvalue weighted by Crippen LogP contribution is 2.21. The van der Waals surface area contributed by atoms with E-state index in [1.165, 1.54) is 12.1 Å². The predicted octanol–water partition coefficient (Wildman–Crippen LogP) is 4.18. The second-order valence-electron chi connectivity index (χ2n) is 6.90. The molecule has 0 bridgehead atoms. The normalized spacial score (nSPS) is 14.7. The summed E-state index contributed by atoms with van der Waals surface area (Å²) in [6, 6.07) is 6.36. The first-order valence-electron chi connectivity index (χ1n) is 9.78. The van der Waals surface area contributed by atoms with Gasteiger partial charge in [0.25, 0.3) is 0 Å². The van der Waals surface area contributed by atoms with Gasteiger partial charge < -0.3 is 20.1 Å². The molecule has 0 atom stereocenters. The molecular weight excluding hydrogens is 514 g/mol. The first-order chi connectivity index (χ1) is 13.9. The predicted molar refractivity (Wildman–Crippen MR) is 119 cm³/mol.